The van der Waals surface area contributed by atoms with Crippen molar-refractivity contribution < 1.29 is 32.3 Å². The minimum Gasteiger partial charge on any atom is -0.463 e. The zero-order valence-electron chi connectivity index (χ0n) is 16.2. The predicted octanol–water partition coefficient (Wildman–Crippen LogP) is 2.23. The molecule has 0 fully saturated rings. The summed E-state index contributed by atoms with van der Waals surface area (Å²) < 4.78 is 47.1. The number of halogens is 3. The van der Waals surface area contributed by atoms with Crippen LogP contribution in [0.25, 0.3) is 0 Å². The monoisotopic (exact) mass is 436 g/mol. The molecule has 12 heteroatoms. The van der Waals surface area contributed by atoms with E-state index in [4.69, 9.17) is 5.73 Å². The van der Waals surface area contributed by atoms with Gasteiger partial charge in [-0.05, 0) is 38.2 Å². The third-order valence-corrected chi connectivity index (χ3v) is 5.63. The van der Waals surface area contributed by atoms with Gasteiger partial charge in [0.1, 0.15) is 5.00 Å². The molecule has 162 valence electrons. The van der Waals surface area contributed by atoms with Crippen LogP contribution in [0.5, 0.6) is 0 Å². The minimum absolute atomic E-state index is 0.0956. The van der Waals surface area contributed by atoms with E-state index < -0.39 is 29.7 Å². The van der Waals surface area contributed by atoms with E-state index in [0.717, 1.165) is 34.0 Å². The third kappa shape index (κ3) is 4.41. The number of primary amides is 1. The number of hydrogen-bond donors (Lipinski definition) is 3. The van der Waals surface area contributed by atoms with Crippen molar-refractivity contribution in [3.05, 3.63) is 16.0 Å². The quantitative estimate of drug-likeness (QED) is 0.468. The molecule has 1 aliphatic rings. The van der Waals surface area contributed by atoms with Crippen molar-refractivity contribution in [1.29, 1.82) is 0 Å². The topological polar surface area (TPSA) is 114 Å². The minimum atomic E-state index is -5.29. The maximum absolute atomic E-state index is 14.2. The van der Waals surface area contributed by atoms with Crippen LogP contribution < -0.4 is 16.4 Å². The molecule has 1 aromatic heterocycles. The zero-order chi connectivity index (χ0) is 22.0. The Bertz CT molecular complexity index is 809. The fourth-order valence-corrected chi connectivity index (χ4v) is 4.34. The maximum Gasteiger partial charge on any atom is 0.442 e. The molecule has 2 rings (SSSR count). The Hall–Kier alpha value is -2.50. The van der Waals surface area contributed by atoms with E-state index in [-0.39, 0.29) is 17.2 Å². The van der Waals surface area contributed by atoms with Gasteiger partial charge in [-0.1, -0.05) is 0 Å². The van der Waals surface area contributed by atoms with Crippen molar-refractivity contribution in [3.63, 3.8) is 0 Å². The number of carbonyl (C=O) groups excluding carboxylic acids is 3. The molecule has 1 heterocycles. The number of nitrogens with two attached hydrogens (primary N) is 1. The van der Waals surface area contributed by atoms with Crippen LogP contribution in [-0.4, -0.2) is 55.3 Å². The van der Waals surface area contributed by atoms with Crippen LogP contribution in [0.3, 0.4) is 0 Å². The van der Waals surface area contributed by atoms with Gasteiger partial charge in [0, 0.05) is 19.0 Å². The Labute approximate surface area is 169 Å². The standard InChI is InChI=1S/C17H23F3N4O4S/c1-4-28-14(26)16(17(18,19)20,23-15(27)24(2)3)22-13-11(12(21)25)9-7-5-6-8-10(9)29-13/h22H,4-8H2,1-3H3,(H2,21,25)(H,23,27)/t16-/m1/s1. The van der Waals surface area contributed by atoms with Crippen LogP contribution in [-0.2, 0) is 22.4 Å². The van der Waals surface area contributed by atoms with E-state index in [1.165, 1.54) is 21.0 Å². The van der Waals surface area contributed by atoms with Gasteiger partial charge in [0.2, 0.25) is 0 Å². The first-order valence-electron chi connectivity index (χ1n) is 8.90. The molecular formula is C17H23F3N4O4S. The number of ether oxygens (including phenoxy) is 1. The van der Waals surface area contributed by atoms with Crippen LogP contribution in [0.1, 0.15) is 40.6 Å². The van der Waals surface area contributed by atoms with Crippen molar-refractivity contribution in [1.82, 2.24) is 10.2 Å². The van der Waals surface area contributed by atoms with Crippen LogP contribution in [0, 0.1) is 0 Å². The molecule has 1 atom stereocenters. The summed E-state index contributed by atoms with van der Waals surface area (Å²) in [6.45, 7) is 0.991. The summed E-state index contributed by atoms with van der Waals surface area (Å²) in [6.07, 6.45) is -2.61. The predicted molar refractivity (Wildman–Crippen MR) is 101 cm³/mol. The molecule has 4 N–H and O–H groups in total. The fourth-order valence-electron chi connectivity index (χ4n) is 2.99. The molecule has 0 aliphatic heterocycles. The molecular weight excluding hydrogens is 413 g/mol. The Morgan fingerprint density at radius 2 is 1.83 bits per heavy atom. The van der Waals surface area contributed by atoms with E-state index in [1.54, 1.807) is 5.32 Å². The highest BCUT2D eigenvalue weighted by Crippen LogP contribution is 2.42. The number of alkyl halides is 3. The van der Waals surface area contributed by atoms with Crippen molar-refractivity contribution in [3.8, 4) is 0 Å². The maximum atomic E-state index is 14.2. The average Bonchev–Trinajstić information content (AvgIpc) is 2.97. The number of hydrogen-bond acceptors (Lipinski definition) is 6. The molecule has 1 aliphatic carbocycles. The van der Waals surface area contributed by atoms with Crippen LogP contribution >= 0.6 is 11.3 Å². The first-order valence-corrected chi connectivity index (χ1v) is 9.72. The molecule has 0 spiro atoms. The Morgan fingerprint density at radius 1 is 1.21 bits per heavy atom. The van der Waals surface area contributed by atoms with Gasteiger partial charge in [0.05, 0.1) is 12.2 Å². The number of aryl methyl sites for hydroxylation is 1. The average molecular weight is 436 g/mol. The first kappa shape index (κ1) is 22.8. The molecule has 29 heavy (non-hydrogen) atoms. The second-order valence-electron chi connectivity index (χ2n) is 6.70. The van der Waals surface area contributed by atoms with Gasteiger partial charge >= 0.3 is 23.8 Å². The molecule has 1 aromatic rings. The van der Waals surface area contributed by atoms with E-state index >= 15 is 0 Å². The number of urea groups is 1. The number of fused-ring (bicyclic) bond motifs is 1. The van der Waals surface area contributed by atoms with Crippen LogP contribution in [0.2, 0.25) is 0 Å². The summed E-state index contributed by atoms with van der Waals surface area (Å²) in [7, 11) is 2.45. The third-order valence-electron chi connectivity index (χ3n) is 4.43. The van der Waals surface area contributed by atoms with Gasteiger partial charge in [-0.25, -0.2) is 9.59 Å². The lowest BCUT2D eigenvalue weighted by atomic mass is 9.95. The number of rotatable bonds is 6. The van der Waals surface area contributed by atoms with Gasteiger partial charge in [0.15, 0.2) is 0 Å². The van der Waals surface area contributed by atoms with Crippen molar-refractivity contribution >= 4 is 34.2 Å². The highest BCUT2D eigenvalue weighted by Gasteiger charge is 2.64. The summed E-state index contributed by atoms with van der Waals surface area (Å²) in [4.78, 5) is 38.1. The zero-order valence-corrected chi connectivity index (χ0v) is 17.1. The second kappa shape index (κ2) is 8.47. The van der Waals surface area contributed by atoms with Crippen molar-refractivity contribution in [2.75, 3.05) is 26.0 Å². The Kier molecular flexibility index (Phi) is 6.66. The van der Waals surface area contributed by atoms with E-state index in [2.05, 4.69) is 10.1 Å². The summed E-state index contributed by atoms with van der Waals surface area (Å²) in [5.41, 5.74) is 2.32. The number of esters is 1. The number of anilines is 1. The fraction of sp³-hybridized carbons (Fsp3) is 0.588. The van der Waals surface area contributed by atoms with Gasteiger partial charge in [-0.15, -0.1) is 11.3 Å². The van der Waals surface area contributed by atoms with E-state index in [9.17, 15) is 27.6 Å². The van der Waals surface area contributed by atoms with Crippen LogP contribution in [0.15, 0.2) is 0 Å². The van der Waals surface area contributed by atoms with E-state index in [0.29, 0.717) is 18.4 Å². The van der Waals surface area contributed by atoms with Crippen molar-refractivity contribution in [2.24, 2.45) is 5.73 Å². The molecule has 8 nitrogen and oxygen atoms in total. The lowest BCUT2D eigenvalue weighted by Gasteiger charge is -2.35. The summed E-state index contributed by atoms with van der Waals surface area (Å²) in [5.74, 6) is -2.66. The van der Waals surface area contributed by atoms with Crippen molar-refractivity contribution in [2.45, 2.75) is 44.4 Å². The SMILES string of the molecule is CCOC(=O)[C@](NC(=O)N(C)C)(Nc1sc2c(c1C(N)=O)CCCC2)C(F)(F)F. The number of thiophene rings is 1. The molecule has 0 saturated heterocycles. The lowest BCUT2D eigenvalue weighted by molar-refractivity contribution is -0.204. The summed E-state index contributed by atoms with van der Waals surface area (Å²) in [6, 6.07) is -1.18. The molecule has 0 bridgehead atoms. The second-order valence-corrected chi connectivity index (χ2v) is 7.80. The molecule has 3 amide bonds. The summed E-state index contributed by atoms with van der Waals surface area (Å²) in [5, 5.41) is 3.52. The summed E-state index contributed by atoms with van der Waals surface area (Å²) >= 11 is 0.920. The Balaban J connectivity index is 2.63. The molecule has 0 saturated carbocycles. The number of nitrogens with one attached hydrogen (secondary N) is 2. The highest BCUT2D eigenvalue weighted by molar-refractivity contribution is 7.16. The molecule has 0 aromatic carbocycles. The molecule has 0 unspecified atom stereocenters. The smallest absolute Gasteiger partial charge is 0.442 e. The normalized spacial score (nSPS) is 15.7. The number of amides is 3. The molecule has 0 radical (unpaired) electrons. The largest absolute Gasteiger partial charge is 0.463 e. The van der Waals surface area contributed by atoms with Gasteiger partial charge < -0.3 is 20.7 Å². The van der Waals surface area contributed by atoms with Gasteiger partial charge in [-0.3, -0.25) is 10.1 Å². The first-order chi connectivity index (χ1) is 13.4. The Morgan fingerprint density at radius 3 is 2.34 bits per heavy atom. The number of nitrogens with zero attached hydrogens (tertiary/aromatic N) is 1. The van der Waals surface area contributed by atoms with E-state index in [1.807, 2.05) is 0 Å². The van der Waals surface area contributed by atoms with Gasteiger partial charge in [-0.2, -0.15) is 13.2 Å². The van der Waals surface area contributed by atoms with Crippen LogP contribution in [0.4, 0.5) is 23.0 Å². The highest BCUT2D eigenvalue weighted by atomic mass is 32.1. The van der Waals surface area contributed by atoms with Gasteiger partial charge in [0.25, 0.3) is 5.91 Å². The number of carbonyl (C=O) groups is 3. The lowest BCUT2D eigenvalue weighted by Crippen LogP contribution is -2.70.